The molecule has 0 aliphatic rings. The first kappa shape index (κ1) is 43.8. The highest BCUT2D eigenvalue weighted by Crippen LogP contribution is 2.14. The molecule has 266 valence electrons. The molecule has 0 bridgehead atoms. The van der Waals surface area contributed by atoms with Gasteiger partial charge in [0.05, 0.1) is 6.10 Å². The molecule has 0 aliphatic heterocycles. The SMILES string of the molecule is CCCCC/C=C\C=C/[C@@H](O)C/C=C\C/C=C/CCCC(=O)OC[C@H](O)COC(=O)CCCCCCCCCCCCCC(C)C. The number of carbonyl (C=O) groups is 2. The number of allylic oxidation sites excluding steroid dienone is 6. The van der Waals surface area contributed by atoms with Gasteiger partial charge in [-0.05, 0) is 50.9 Å². The summed E-state index contributed by atoms with van der Waals surface area (Å²) in [6.45, 7) is 6.47. The summed E-state index contributed by atoms with van der Waals surface area (Å²) in [5.74, 6) is 0.157. The zero-order chi connectivity index (χ0) is 33.9. The molecule has 0 heterocycles. The second-order valence-electron chi connectivity index (χ2n) is 13.0. The third kappa shape index (κ3) is 34.7. The van der Waals surface area contributed by atoms with Crippen molar-refractivity contribution in [3.05, 3.63) is 48.6 Å². The lowest BCUT2D eigenvalue weighted by Crippen LogP contribution is -2.25. The maximum Gasteiger partial charge on any atom is 0.305 e. The van der Waals surface area contributed by atoms with Crippen molar-refractivity contribution < 1.29 is 29.3 Å². The lowest BCUT2D eigenvalue weighted by molar-refractivity contribution is -0.152. The number of hydrogen-bond acceptors (Lipinski definition) is 6. The first-order valence-electron chi connectivity index (χ1n) is 18.7. The molecule has 0 saturated heterocycles. The Morgan fingerprint density at radius 3 is 1.76 bits per heavy atom. The van der Waals surface area contributed by atoms with Gasteiger partial charge in [-0.25, -0.2) is 0 Å². The molecule has 0 fully saturated rings. The lowest BCUT2D eigenvalue weighted by Gasteiger charge is -2.12. The molecule has 2 atom stereocenters. The summed E-state index contributed by atoms with van der Waals surface area (Å²) in [6, 6.07) is 0. The molecule has 0 radical (unpaired) electrons. The van der Waals surface area contributed by atoms with Crippen LogP contribution in [-0.4, -0.2) is 47.6 Å². The molecular formula is C40H70O6. The van der Waals surface area contributed by atoms with E-state index in [4.69, 9.17) is 9.47 Å². The van der Waals surface area contributed by atoms with Crippen molar-refractivity contribution in [3.8, 4) is 0 Å². The molecule has 0 amide bonds. The average molecular weight is 647 g/mol. The average Bonchev–Trinajstić information content (AvgIpc) is 3.03. The number of aliphatic hydroxyl groups is 2. The second-order valence-corrected chi connectivity index (χ2v) is 13.0. The summed E-state index contributed by atoms with van der Waals surface area (Å²) in [7, 11) is 0. The van der Waals surface area contributed by atoms with E-state index in [0.717, 1.165) is 44.4 Å². The number of unbranched alkanes of at least 4 members (excludes halogenated alkanes) is 14. The molecule has 0 aromatic rings. The van der Waals surface area contributed by atoms with Crippen LogP contribution in [0.1, 0.15) is 162 Å². The normalized spacial score (nSPS) is 13.5. The second kappa shape index (κ2) is 34.2. The van der Waals surface area contributed by atoms with Gasteiger partial charge >= 0.3 is 11.9 Å². The fourth-order valence-corrected chi connectivity index (χ4v) is 4.93. The third-order valence-corrected chi connectivity index (χ3v) is 7.83. The Kier molecular flexibility index (Phi) is 32.5. The monoisotopic (exact) mass is 647 g/mol. The summed E-state index contributed by atoms with van der Waals surface area (Å²) < 4.78 is 10.2. The molecule has 6 heteroatoms. The molecule has 0 rings (SSSR count). The largest absolute Gasteiger partial charge is 0.463 e. The van der Waals surface area contributed by atoms with Crippen LogP contribution in [0.15, 0.2) is 48.6 Å². The first-order valence-corrected chi connectivity index (χ1v) is 18.7. The zero-order valence-corrected chi connectivity index (χ0v) is 29.8. The van der Waals surface area contributed by atoms with Gasteiger partial charge < -0.3 is 19.7 Å². The molecule has 0 saturated carbocycles. The molecule has 0 unspecified atom stereocenters. The fraction of sp³-hybridized carbons (Fsp3) is 0.750. The first-order chi connectivity index (χ1) is 22.3. The standard InChI is InChI=1S/C40H70O6/c1-4-5-6-7-14-20-25-30-37(41)31-26-21-16-13-18-23-28-33-40(44)46-35-38(42)34-45-39(43)32-27-22-17-12-10-8-9-11-15-19-24-29-36(2)3/h13-14,18,20-21,25-26,30,36-38,41-42H,4-12,15-17,19,22-24,27-29,31-35H2,1-3H3/b18-13+,20-14-,26-21-,30-25-/t37-,38-/m1/s1. The fourth-order valence-electron chi connectivity index (χ4n) is 4.93. The van der Waals surface area contributed by atoms with Crippen molar-refractivity contribution in [2.45, 2.75) is 174 Å². The number of aliphatic hydroxyl groups excluding tert-OH is 2. The Labute approximate surface area is 282 Å². The van der Waals surface area contributed by atoms with Gasteiger partial charge in [0.2, 0.25) is 0 Å². The molecule has 0 aromatic heterocycles. The smallest absolute Gasteiger partial charge is 0.305 e. The minimum absolute atomic E-state index is 0.149. The molecule has 0 aliphatic carbocycles. The highest BCUT2D eigenvalue weighted by Gasteiger charge is 2.12. The maximum atomic E-state index is 11.9. The van der Waals surface area contributed by atoms with Crippen molar-refractivity contribution in [1.82, 2.24) is 0 Å². The Morgan fingerprint density at radius 2 is 1.15 bits per heavy atom. The van der Waals surface area contributed by atoms with E-state index in [0.29, 0.717) is 19.3 Å². The summed E-state index contributed by atoms with van der Waals surface area (Å²) in [5.41, 5.74) is 0. The lowest BCUT2D eigenvalue weighted by atomic mass is 10.0. The predicted octanol–water partition coefficient (Wildman–Crippen LogP) is 10.3. The quantitative estimate of drug-likeness (QED) is 0.0327. The Hall–Kier alpha value is -2.18. The van der Waals surface area contributed by atoms with E-state index in [1.54, 1.807) is 0 Å². The molecule has 6 nitrogen and oxygen atoms in total. The Bertz CT molecular complexity index is 813. The van der Waals surface area contributed by atoms with Crippen molar-refractivity contribution in [2.75, 3.05) is 13.2 Å². The van der Waals surface area contributed by atoms with Crippen molar-refractivity contribution >= 4 is 11.9 Å². The number of carbonyl (C=O) groups excluding carboxylic acids is 2. The summed E-state index contributed by atoms with van der Waals surface area (Å²) in [4.78, 5) is 23.9. The van der Waals surface area contributed by atoms with E-state index in [1.165, 1.54) is 77.0 Å². The van der Waals surface area contributed by atoms with Crippen molar-refractivity contribution in [2.24, 2.45) is 5.92 Å². The van der Waals surface area contributed by atoms with Gasteiger partial charge in [-0.3, -0.25) is 9.59 Å². The van der Waals surface area contributed by atoms with Crippen molar-refractivity contribution in [3.63, 3.8) is 0 Å². The van der Waals surface area contributed by atoms with Crippen LogP contribution >= 0.6 is 0 Å². The van der Waals surface area contributed by atoms with Gasteiger partial charge in [-0.2, -0.15) is 0 Å². The molecule has 2 N–H and O–H groups in total. The molecule has 46 heavy (non-hydrogen) atoms. The van der Waals surface area contributed by atoms with Gasteiger partial charge in [0.15, 0.2) is 0 Å². The molecule has 0 spiro atoms. The summed E-state index contributed by atoms with van der Waals surface area (Å²) >= 11 is 0. The summed E-state index contributed by atoms with van der Waals surface area (Å²) in [5, 5.41) is 20.0. The van der Waals surface area contributed by atoms with Crippen LogP contribution in [0.2, 0.25) is 0 Å². The third-order valence-electron chi connectivity index (χ3n) is 7.83. The van der Waals surface area contributed by atoms with Crippen molar-refractivity contribution in [1.29, 1.82) is 0 Å². The van der Waals surface area contributed by atoms with Crippen LogP contribution in [0.5, 0.6) is 0 Å². The van der Waals surface area contributed by atoms with E-state index in [9.17, 15) is 19.8 Å². The van der Waals surface area contributed by atoms with Crippen LogP contribution in [0.3, 0.4) is 0 Å². The van der Waals surface area contributed by atoms with Gasteiger partial charge in [0, 0.05) is 12.8 Å². The Morgan fingerprint density at radius 1 is 0.609 bits per heavy atom. The van der Waals surface area contributed by atoms with Crippen LogP contribution < -0.4 is 0 Å². The predicted molar refractivity (Wildman–Crippen MR) is 193 cm³/mol. The maximum absolute atomic E-state index is 11.9. The Balaban J connectivity index is 3.62. The van der Waals surface area contributed by atoms with E-state index in [-0.39, 0.29) is 31.6 Å². The van der Waals surface area contributed by atoms with E-state index in [1.807, 2.05) is 42.5 Å². The minimum Gasteiger partial charge on any atom is -0.463 e. The number of ether oxygens (including phenoxy) is 2. The van der Waals surface area contributed by atoms with Crippen LogP contribution in [-0.2, 0) is 19.1 Å². The highest BCUT2D eigenvalue weighted by molar-refractivity contribution is 5.69. The van der Waals surface area contributed by atoms with Gasteiger partial charge in [-0.15, -0.1) is 0 Å². The topological polar surface area (TPSA) is 93.1 Å². The molecule has 0 aromatic carbocycles. The van der Waals surface area contributed by atoms with E-state index >= 15 is 0 Å². The number of hydrogen-bond donors (Lipinski definition) is 2. The van der Waals surface area contributed by atoms with E-state index in [2.05, 4.69) is 26.8 Å². The van der Waals surface area contributed by atoms with Gasteiger partial charge in [-0.1, -0.05) is 153 Å². The van der Waals surface area contributed by atoms with E-state index < -0.39 is 12.2 Å². The minimum atomic E-state index is -1.00. The number of rotatable bonds is 32. The summed E-state index contributed by atoms with van der Waals surface area (Å²) in [6.07, 6.45) is 37.6. The van der Waals surface area contributed by atoms with Crippen LogP contribution in [0.4, 0.5) is 0 Å². The van der Waals surface area contributed by atoms with Gasteiger partial charge in [0.1, 0.15) is 19.3 Å². The number of esters is 2. The van der Waals surface area contributed by atoms with Crippen LogP contribution in [0.25, 0.3) is 0 Å². The molecular weight excluding hydrogens is 576 g/mol. The highest BCUT2D eigenvalue weighted by atomic mass is 16.6. The zero-order valence-electron chi connectivity index (χ0n) is 29.8. The van der Waals surface area contributed by atoms with Gasteiger partial charge in [0.25, 0.3) is 0 Å². The van der Waals surface area contributed by atoms with Crippen LogP contribution in [0, 0.1) is 5.92 Å².